The average molecular weight is 358 g/mol. The second kappa shape index (κ2) is 7.23. The van der Waals surface area contributed by atoms with E-state index >= 15 is 0 Å². The van der Waals surface area contributed by atoms with Crippen LogP contribution in [0, 0.1) is 0 Å². The van der Waals surface area contributed by atoms with Crippen molar-refractivity contribution in [2.45, 2.75) is 37.6 Å². The molecule has 0 aromatic carbocycles. The van der Waals surface area contributed by atoms with Gasteiger partial charge in [-0.3, -0.25) is 9.78 Å². The normalized spacial score (nSPS) is 26.2. The predicted molar refractivity (Wildman–Crippen MR) is 95.6 cm³/mol. The predicted octanol–water partition coefficient (Wildman–Crippen LogP) is 3.12. The number of rotatable bonds is 4. The summed E-state index contributed by atoms with van der Waals surface area (Å²) in [5.41, 5.74) is 0.878. The molecule has 1 amide bonds. The van der Waals surface area contributed by atoms with Crippen molar-refractivity contribution in [2.24, 2.45) is 0 Å². The fourth-order valence-corrected chi connectivity index (χ4v) is 4.41. The molecule has 1 spiro atoms. The van der Waals surface area contributed by atoms with Crippen molar-refractivity contribution in [3.05, 3.63) is 52.5 Å². The third-order valence-electron chi connectivity index (χ3n) is 4.97. The van der Waals surface area contributed by atoms with Crippen LogP contribution in [-0.4, -0.2) is 47.2 Å². The molecular weight excluding hydrogens is 336 g/mol. The molecular formula is C19H22N2O3S. The lowest BCUT2D eigenvalue weighted by Gasteiger charge is -2.39. The van der Waals surface area contributed by atoms with Crippen LogP contribution in [0.5, 0.6) is 0 Å². The van der Waals surface area contributed by atoms with Gasteiger partial charge in [-0.1, -0.05) is 6.07 Å². The Kier molecular flexibility index (Phi) is 4.83. The molecule has 2 aromatic heterocycles. The summed E-state index contributed by atoms with van der Waals surface area (Å²) in [6.07, 6.45) is 6.47. The highest BCUT2D eigenvalue weighted by molar-refractivity contribution is 7.12. The van der Waals surface area contributed by atoms with Gasteiger partial charge in [-0.05, 0) is 42.0 Å². The fourth-order valence-electron chi connectivity index (χ4n) is 3.71. The zero-order valence-corrected chi connectivity index (χ0v) is 14.9. The fraction of sp³-hybridized carbons (Fsp3) is 0.474. The van der Waals surface area contributed by atoms with E-state index in [9.17, 15) is 4.79 Å². The van der Waals surface area contributed by atoms with Gasteiger partial charge in [0, 0.05) is 25.4 Å². The van der Waals surface area contributed by atoms with Gasteiger partial charge in [0.15, 0.2) is 0 Å². The van der Waals surface area contributed by atoms with Gasteiger partial charge in [0.05, 0.1) is 36.3 Å². The SMILES string of the molecule is O=C(c1cccs1)N1CCC[C@]2(C[C@@H](OCc3ccncc3)CO2)C1. The number of hydrogen-bond acceptors (Lipinski definition) is 5. The Morgan fingerprint density at radius 3 is 3.08 bits per heavy atom. The molecule has 4 rings (SSSR count). The van der Waals surface area contributed by atoms with Crippen LogP contribution in [0.2, 0.25) is 0 Å². The topological polar surface area (TPSA) is 51.7 Å². The third kappa shape index (κ3) is 3.76. The highest BCUT2D eigenvalue weighted by Crippen LogP contribution is 2.36. The summed E-state index contributed by atoms with van der Waals surface area (Å²) in [5.74, 6) is 0.124. The summed E-state index contributed by atoms with van der Waals surface area (Å²) < 4.78 is 12.2. The number of aromatic nitrogens is 1. The van der Waals surface area contributed by atoms with E-state index in [1.165, 1.54) is 11.3 Å². The van der Waals surface area contributed by atoms with Crippen LogP contribution in [0.15, 0.2) is 42.0 Å². The number of amides is 1. The standard InChI is InChI=1S/C19H22N2O3S/c22-18(17-3-1-10-25-17)21-9-2-6-19(14-21)11-16(13-24-19)23-12-15-4-7-20-8-5-15/h1,3-5,7-8,10,16H,2,6,9,11-14H2/t16-,19+/m1/s1. The van der Waals surface area contributed by atoms with Crippen molar-refractivity contribution in [1.29, 1.82) is 0 Å². The number of hydrogen-bond donors (Lipinski definition) is 0. The highest BCUT2D eigenvalue weighted by atomic mass is 32.1. The van der Waals surface area contributed by atoms with Gasteiger partial charge >= 0.3 is 0 Å². The number of ether oxygens (including phenoxy) is 2. The molecule has 132 valence electrons. The molecule has 2 fully saturated rings. The summed E-state index contributed by atoms with van der Waals surface area (Å²) in [6.45, 7) is 2.65. The lowest BCUT2D eigenvalue weighted by molar-refractivity contribution is -0.0465. The minimum absolute atomic E-state index is 0.0879. The van der Waals surface area contributed by atoms with E-state index in [4.69, 9.17) is 9.47 Å². The number of nitrogens with zero attached hydrogens (tertiary/aromatic N) is 2. The summed E-state index contributed by atoms with van der Waals surface area (Å²) in [7, 11) is 0. The summed E-state index contributed by atoms with van der Waals surface area (Å²) >= 11 is 1.50. The molecule has 0 aliphatic carbocycles. The largest absolute Gasteiger partial charge is 0.371 e. The molecule has 0 radical (unpaired) electrons. The Balaban J connectivity index is 1.35. The lowest BCUT2D eigenvalue weighted by Crippen LogP contribution is -2.50. The second-order valence-corrected chi connectivity index (χ2v) is 7.74. The van der Waals surface area contributed by atoms with E-state index in [2.05, 4.69) is 4.98 Å². The van der Waals surface area contributed by atoms with Gasteiger partial charge in [-0.25, -0.2) is 0 Å². The first-order valence-electron chi connectivity index (χ1n) is 8.71. The van der Waals surface area contributed by atoms with E-state index in [1.807, 2.05) is 34.5 Å². The highest BCUT2D eigenvalue weighted by Gasteiger charge is 2.45. The Morgan fingerprint density at radius 2 is 2.28 bits per heavy atom. The maximum absolute atomic E-state index is 12.6. The molecule has 6 heteroatoms. The van der Waals surface area contributed by atoms with Gasteiger partial charge < -0.3 is 14.4 Å². The maximum atomic E-state index is 12.6. The number of carbonyl (C=O) groups excluding carboxylic acids is 1. The van der Waals surface area contributed by atoms with Gasteiger partial charge in [-0.15, -0.1) is 11.3 Å². The first-order valence-corrected chi connectivity index (χ1v) is 9.59. The van der Waals surface area contributed by atoms with Gasteiger partial charge in [0.2, 0.25) is 0 Å². The summed E-state index contributed by atoms with van der Waals surface area (Å²) in [5, 5.41) is 1.95. The van der Waals surface area contributed by atoms with Crippen LogP contribution in [0.25, 0.3) is 0 Å². The minimum atomic E-state index is -0.242. The van der Waals surface area contributed by atoms with E-state index < -0.39 is 0 Å². The van der Waals surface area contributed by atoms with Crippen LogP contribution in [0.3, 0.4) is 0 Å². The van der Waals surface area contributed by atoms with E-state index in [-0.39, 0.29) is 17.6 Å². The van der Waals surface area contributed by atoms with E-state index in [1.54, 1.807) is 12.4 Å². The molecule has 0 bridgehead atoms. The molecule has 2 atom stereocenters. The van der Waals surface area contributed by atoms with Crippen LogP contribution in [-0.2, 0) is 16.1 Å². The molecule has 2 aromatic rings. The summed E-state index contributed by atoms with van der Waals surface area (Å²) in [6, 6.07) is 7.75. The van der Waals surface area contributed by atoms with Gasteiger partial charge in [0.1, 0.15) is 0 Å². The molecule has 0 saturated carbocycles. The Bertz CT molecular complexity index is 707. The Morgan fingerprint density at radius 1 is 1.40 bits per heavy atom. The smallest absolute Gasteiger partial charge is 0.264 e. The summed E-state index contributed by atoms with van der Waals surface area (Å²) in [4.78, 5) is 19.4. The van der Waals surface area contributed by atoms with Crippen LogP contribution in [0.4, 0.5) is 0 Å². The molecule has 4 heterocycles. The van der Waals surface area contributed by atoms with Crippen molar-refractivity contribution < 1.29 is 14.3 Å². The van der Waals surface area contributed by atoms with Gasteiger partial charge in [-0.2, -0.15) is 0 Å². The van der Waals surface area contributed by atoms with Crippen molar-refractivity contribution in [2.75, 3.05) is 19.7 Å². The molecule has 0 unspecified atom stereocenters. The average Bonchev–Trinajstić information content (AvgIpc) is 3.31. The minimum Gasteiger partial charge on any atom is -0.371 e. The monoisotopic (exact) mass is 358 g/mol. The van der Waals surface area contributed by atoms with E-state index in [0.29, 0.717) is 19.8 Å². The number of likely N-dealkylation sites (tertiary alicyclic amines) is 1. The molecule has 5 nitrogen and oxygen atoms in total. The third-order valence-corrected chi connectivity index (χ3v) is 5.83. The second-order valence-electron chi connectivity index (χ2n) is 6.79. The number of piperidine rings is 1. The van der Waals surface area contributed by atoms with Crippen molar-refractivity contribution in [3.63, 3.8) is 0 Å². The van der Waals surface area contributed by atoms with Crippen molar-refractivity contribution in [3.8, 4) is 0 Å². The molecule has 2 aliphatic heterocycles. The number of thiophene rings is 1. The zero-order valence-electron chi connectivity index (χ0n) is 14.1. The molecule has 2 saturated heterocycles. The molecule has 0 N–H and O–H groups in total. The number of pyridine rings is 1. The van der Waals surface area contributed by atoms with Crippen molar-refractivity contribution >= 4 is 17.2 Å². The molecule has 2 aliphatic rings. The Hall–Kier alpha value is -1.76. The molecule has 25 heavy (non-hydrogen) atoms. The van der Waals surface area contributed by atoms with Gasteiger partial charge in [0.25, 0.3) is 5.91 Å². The maximum Gasteiger partial charge on any atom is 0.264 e. The first kappa shape index (κ1) is 16.7. The number of carbonyl (C=O) groups is 1. The van der Waals surface area contributed by atoms with E-state index in [0.717, 1.165) is 36.2 Å². The van der Waals surface area contributed by atoms with Crippen LogP contribution in [0.1, 0.15) is 34.5 Å². The van der Waals surface area contributed by atoms with Crippen LogP contribution >= 0.6 is 11.3 Å². The van der Waals surface area contributed by atoms with Crippen LogP contribution < -0.4 is 0 Å². The quantitative estimate of drug-likeness (QED) is 0.843. The first-order chi connectivity index (χ1) is 12.2. The Labute approximate surface area is 151 Å². The zero-order chi connectivity index (χ0) is 17.1. The lowest BCUT2D eigenvalue weighted by atomic mass is 9.89. The van der Waals surface area contributed by atoms with Crippen molar-refractivity contribution in [1.82, 2.24) is 9.88 Å².